The van der Waals surface area contributed by atoms with Crippen molar-refractivity contribution in [3.8, 4) is 0 Å². The molecule has 0 saturated heterocycles. The predicted octanol–water partition coefficient (Wildman–Crippen LogP) is 1.62. The van der Waals surface area contributed by atoms with Crippen LogP contribution in [0, 0.1) is 6.92 Å². The fraction of sp³-hybridized carbons (Fsp3) is 0.400. The monoisotopic (exact) mass is 453 g/mol. The fourth-order valence-electron chi connectivity index (χ4n) is 3.26. The summed E-state index contributed by atoms with van der Waals surface area (Å²) < 4.78 is 0. The molecule has 3 amide bonds. The molecule has 7 N–H and O–H groups in total. The number of carbonyl (C=O) groups is 3. The van der Waals surface area contributed by atoms with E-state index in [-0.39, 0.29) is 12.3 Å². The number of carbonyl (C=O) groups excluding carboxylic acids is 3. The quantitative estimate of drug-likeness (QED) is 0.311. The Bertz CT molecular complexity index is 900. The molecule has 0 heterocycles. The Morgan fingerprint density at radius 3 is 2.09 bits per heavy atom. The molecule has 0 aliphatic heterocycles. The molecule has 0 spiro atoms. The lowest BCUT2D eigenvalue weighted by Crippen LogP contribution is -2.55. The standard InChI is InChI=1S/C25H35N5O3/c1-17-11-13-20(14-12-17)28-24(32)21(10-6-7-15-26)29-25(33)22(30-23(31)18(2)27)16-19-8-4-3-5-9-19/h3-5,8-9,11-14,18,21-22H,6-7,10,15-16,26-27H2,1-2H3,(H,28,32)(H,29,33)(H,30,31)/t18-,21?,22+/m0/s1. The maximum absolute atomic E-state index is 13.2. The molecule has 0 radical (unpaired) electrons. The Morgan fingerprint density at radius 2 is 1.48 bits per heavy atom. The molecule has 0 aliphatic rings. The highest BCUT2D eigenvalue weighted by Gasteiger charge is 2.27. The summed E-state index contributed by atoms with van der Waals surface area (Å²) in [6, 6.07) is 14.4. The van der Waals surface area contributed by atoms with Crippen molar-refractivity contribution in [2.24, 2.45) is 11.5 Å². The number of aryl methyl sites for hydroxylation is 1. The molecule has 3 atom stereocenters. The van der Waals surface area contributed by atoms with Gasteiger partial charge in [0.1, 0.15) is 12.1 Å². The Hall–Kier alpha value is -3.23. The normalized spacial score (nSPS) is 13.5. The van der Waals surface area contributed by atoms with Gasteiger partial charge in [-0.05, 0) is 57.4 Å². The van der Waals surface area contributed by atoms with Crippen molar-refractivity contribution in [2.45, 2.75) is 57.7 Å². The molecule has 2 rings (SSSR count). The molecule has 2 aromatic rings. The molecule has 178 valence electrons. The van der Waals surface area contributed by atoms with Gasteiger partial charge in [0, 0.05) is 12.1 Å². The highest BCUT2D eigenvalue weighted by atomic mass is 16.2. The van der Waals surface area contributed by atoms with Gasteiger partial charge in [-0.2, -0.15) is 0 Å². The third-order valence-electron chi connectivity index (χ3n) is 5.23. The van der Waals surface area contributed by atoms with Crippen LogP contribution in [0.25, 0.3) is 0 Å². The van der Waals surface area contributed by atoms with E-state index >= 15 is 0 Å². The number of amides is 3. The van der Waals surface area contributed by atoms with Gasteiger partial charge in [-0.3, -0.25) is 14.4 Å². The summed E-state index contributed by atoms with van der Waals surface area (Å²) in [5.41, 5.74) is 13.9. The average molecular weight is 454 g/mol. The second-order valence-electron chi connectivity index (χ2n) is 8.24. The Labute approximate surface area is 195 Å². The van der Waals surface area contributed by atoms with Crippen molar-refractivity contribution in [3.05, 3.63) is 65.7 Å². The van der Waals surface area contributed by atoms with Crippen molar-refractivity contribution in [2.75, 3.05) is 11.9 Å². The van der Waals surface area contributed by atoms with E-state index in [0.29, 0.717) is 25.1 Å². The van der Waals surface area contributed by atoms with Gasteiger partial charge in [-0.25, -0.2) is 0 Å². The van der Waals surface area contributed by atoms with E-state index in [1.54, 1.807) is 6.92 Å². The number of nitrogens with one attached hydrogen (secondary N) is 3. The minimum atomic E-state index is -0.866. The minimum Gasteiger partial charge on any atom is -0.343 e. The van der Waals surface area contributed by atoms with E-state index in [1.807, 2.05) is 61.5 Å². The van der Waals surface area contributed by atoms with Crippen LogP contribution < -0.4 is 27.4 Å². The molecule has 0 fully saturated rings. The van der Waals surface area contributed by atoms with E-state index in [9.17, 15) is 14.4 Å². The van der Waals surface area contributed by atoms with E-state index in [4.69, 9.17) is 11.5 Å². The van der Waals surface area contributed by atoms with E-state index in [1.165, 1.54) is 0 Å². The molecule has 2 aromatic carbocycles. The van der Waals surface area contributed by atoms with Gasteiger partial charge < -0.3 is 27.4 Å². The molecule has 8 nitrogen and oxygen atoms in total. The van der Waals surface area contributed by atoms with Crippen LogP contribution in [0.15, 0.2) is 54.6 Å². The van der Waals surface area contributed by atoms with Gasteiger partial charge in [-0.15, -0.1) is 0 Å². The largest absolute Gasteiger partial charge is 0.343 e. The second kappa shape index (κ2) is 13.3. The van der Waals surface area contributed by atoms with E-state index in [0.717, 1.165) is 17.5 Å². The molecular formula is C25H35N5O3. The van der Waals surface area contributed by atoms with Crippen LogP contribution >= 0.6 is 0 Å². The zero-order chi connectivity index (χ0) is 24.2. The second-order valence-corrected chi connectivity index (χ2v) is 8.24. The SMILES string of the molecule is Cc1ccc(NC(=O)C(CCCCN)NC(=O)[C@@H](Cc2ccccc2)NC(=O)[C@H](C)N)cc1. The molecule has 0 aromatic heterocycles. The molecule has 0 saturated carbocycles. The third kappa shape index (κ3) is 9.03. The maximum Gasteiger partial charge on any atom is 0.246 e. The number of anilines is 1. The first-order valence-electron chi connectivity index (χ1n) is 11.3. The summed E-state index contributed by atoms with van der Waals surface area (Å²) in [4.78, 5) is 38.4. The van der Waals surface area contributed by atoms with Crippen LogP contribution in [-0.2, 0) is 20.8 Å². The first-order chi connectivity index (χ1) is 15.8. The van der Waals surface area contributed by atoms with E-state index in [2.05, 4.69) is 16.0 Å². The van der Waals surface area contributed by atoms with Crippen molar-refractivity contribution in [1.29, 1.82) is 0 Å². The lowest BCUT2D eigenvalue weighted by molar-refractivity contribution is -0.131. The van der Waals surface area contributed by atoms with Gasteiger partial charge >= 0.3 is 0 Å². The van der Waals surface area contributed by atoms with Crippen molar-refractivity contribution in [3.63, 3.8) is 0 Å². The number of benzene rings is 2. The topological polar surface area (TPSA) is 139 Å². The van der Waals surface area contributed by atoms with Gasteiger partial charge in [-0.1, -0.05) is 48.0 Å². The van der Waals surface area contributed by atoms with E-state index < -0.39 is 29.9 Å². The molecule has 8 heteroatoms. The number of hydrogen-bond acceptors (Lipinski definition) is 5. The number of rotatable bonds is 12. The predicted molar refractivity (Wildman–Crippen MR) is 130 cm³/mol. The molecule has 1 unspecified atom stereocenters. The number of nitrogens with two attached hydrogens (primary N) is 2. The lowest BCUT2D eigenvalue weighted by atomic mass is 10.0. The summed E-state index contributed by atoms with van der Waals surface area (Å²) >= 11 is 0. The van der Waals surface area contributed by atoms with Crippen molar-refractivity contribution in [1.82, 2.24) is 10.6 Å². The van der Waals surface area contributed by atoms with Gasteiger partial charge in [0.05, 0.1) is 6.04 Å². The highest BCUT2D eigenvalue weighted by molar-refractivity contribution is 5.98. The fourth-order valence-corrected chi connectivity index (χ4v) is 3.26. The number of hydrogen-bond donors (Lipinski definition) is 5. The third-order valence-corrected chi connectivity index (χ3v) is 5.23. The van der Waals surface area contributed by atoms with Gasteiger partial charge in [0.15, 0.2) is 0 Å². The highest BCUT2D eigenvalue weighted by Crippen LogP contribution is 2.11. The molecular weight excluding hydrogens is 418 g/mol. The summed E-state index contributed by atoms with van der Waals surface area (Å²) in [5.74, 6) is -1.19. The summed E-state index contributed by atoms with van der Waals surface area (Å²) in [6.07, 6.45) is 2.12. The van der Waals surface area contributed by atoms with Crippen molar-refractivity contribution < 1.29 is 14.4 Å². The summed E-state index contributed by atoms with van der Waals surface area (Å²) in [6.45, 7) is 4.02. The lowest BCUT2D eigenvalue weighted by Gasteiger charge is -2.24. The van der Waals surface area contributed by atoms with Crippen LogP contribution in [0.2, 0.25) is 0 Å². The molecule has 33 heavy (non-hydrogen) atoms. The van der Waals surface area contributed by atoms with Crippen molar-refractivity contribution >= 4 is 23.4 Å². The zero-order valence-corrected chi connectivity index (χ0v) is 19.3. The Kier molecular flexibility index (Phi) is 10.5. The van der Waals surface area contributed by atoms with Crippen LogP contribution in [0.5, 0.6) is 0 Å². The zero-order valence-electron chi connectivity index (χ0n) is 19.3. The Morgan fingerprint density at radius 1 is 0.848 bits per heavy atom. The van der Waals surface area contributed by atoms with Crippen LogP contribution in [0.4, 0.5) is 5.69 Å². The maximum atomic E-state index is 13.2. The average Bonchev–Trinajstić information content (AvgIpc) is 2.80. The molecule has 0 bridgehead atoms. The first kappa shape index (κ1) is 26.0. The van der Waals surface area contributed by atoms with Gasteiger partial charge in [0.25, 0.3) is 0 Å². The van der Waals surface area contributed by atoms with Gasteiger partial charge in [0.2, 0.25) is 17.7 Å². The van der Waals surface area contributed by atoms with Crippen LogP contribution in [0.1, 0.15) is 37.3 Å². The van der Waals surface area contributed by atoms with Crippen LogP contribution in [-0.4, -0.2) is 42.4 Å². The number of unbranched alkanes of at least 4 members (excludes halogenated alkanes) is 1. The summed E-state index contributed by atoms with van der Waals surface area (Å²) in [7, 11) is 0. The van der Waals surface area contributed by atoms with Crippen LogP contribution in [0.3, 0.4) is 0 Å². The summed E-state index contributed by atoms with van der Waals surface area (Å²) in [5, 5.41) is 8.39. The first-order valence-corrected chi connectivity index (χ1v) is 11.3. The molecule has 0 aliphatic carbocycles. The smallest absolute Gasteiger partial charge is 0.246 e. The Balaban J connectivity index is 2.15. The minimum absolute atomic E-state index is 0.278.